The van der Waals surface area contributed by atoms with Crippen LogP contribution in [-0.4, -0.2) is 28.7 Å². The van der Waals surface area contributed by atoms with Crippen LogP contribution in [0.2, 0.25) is 0 Å². The maximum atomic E-state index is 12.0. The van der Waals surface area contributed by atoms with E-state index in [-0.39, 0.29) is 11.7 Å². The van der Waals surface area contributed by atoms with E-state index in [9.17, 15) is 9.59 Å². The Morgan fingerprint density at radius 2 is 1.90 bits per heavy atom. The first kappa shape index (κ1) is 13.5. The number of aromatic nitrogens is 2. The van der Waals surface area contributed by atoms with Crippen molar-refractivity contribution in [3.63, 3.8) is 0 Å². The Hall–Kier alpha value is -2.51. The van der Waals surface area contributed by atoms with Crippen molar-refractivity contribution in [1.82, 2.24) is 9.55 Å². The SMILES string of the molecule is O=C(Nc1ccn(C2OCCO2)c(=O)n1)c1ccccc1. The van der Waals surface area contributed by atoms with Crippen LogP contribution in [0.5, 0.6) is 0 Å². The van der Waals surface area contributed by atoms with Crippen molar-refractivity contribution in [1.29, 1.82) is 0 Å². The van der Waals surface area contributed by atoms with Gasteiger partial charge >= 0.3 is 5.69 Å². The molecule has 1 amide bonds. The topological polar surface area (TPSA) is 82.5 Å². The van der Waals surface area contributed by atoms with E-state index in [1.54, 1.807) is 24.3 Å². The number of hydrogen-bond donors (Lipinski definition) is 1. The van der Waals surface area contributed by atoms with Gasteiger partial charge in [0.05, 0.1) is 13.2 Å². The summed E-state index contributed by atoms with van der Waals surface area (Å²) in [6.07, 6.45) is 0.732. The highest BCUT2D eigenvalue weighted by Crippen LogP contribution is 2.14. The summed E-state index contributed by atoms with van der Waals surface area (Å²) in [5.74, 6) is -0.142. The monoisotopic (exact) mass is 287 g/mol. The Morgan fingerprint density at radius 1 is 1.19 bits per heavy atom. The van der Waals surface area contributed by atoms with Gasteiger partial charge in [-0.15, -0.1) is 0 Å². The molecular weight excluding hydrogens is 274 g/mol. The summed E-state index contributed by atoms with van der Waals surface area (Å²) in [5.41, 5.74) is -0.0568. The molecule has 1 saturated heterocycles. The van der Waals surface area contributed by atoms with E-state index in [2.05, 4.69) is 10.3 Å². The first-order valence-corrected chi connectivity index (χ1v) is 6.43. The van der Waals surface area contributed by atoms with Crippen LogP contribution in [0.4, 0.5) is 5.82 Å². The average molecular weight is 287 g/mol. The third kappa shape index (κ3) is 2.99. The smallest absolute Gasteiger partial charge is 0.332 e. The number of nitrogens with one attached hydrogen (secondary N) is 1. The number of carbonyl (C=O) groups is 1. The van der Waals surface area contributed by atoms with E-state index in [1.807, 2.05) is 6.07 Å². The van der Waals surface area contributed by atoms with Crippen molar-refractivity contribution in [2.45, 2.75) is 6.41 Å². The number of anilines is 1. The van der Waals surface area contributed by atoms with Gasteiger partial charge in [-0.05, 0) is 18.2 Å². The van der Waals surface area contributed by atoms with Crippen molar-refractivity contribution in [3.05, 3.63) is 58.6 Å². The lowest BCUT2D eigenvalue weighted by molar-refractivity contribution is -0.104. The molecule has 21 heavy (non-hydrogen) atoms. The normalized spacial score (nSPS) is 15.0. The summed E-state index contributed by atoms with van der Waals surface area (Å²) < 4.78 is 11.7. The van der Waals surface area contributed by atoms with Crippen LogP contribution in [-0.2, 0) is 9.47 Å². The van der Waals surface area contributed by atoms with Crippen molar-refractivity contribution in [2.75, 3.05) is 18.5 Å². The van der Waals surface area contributed by atoms with Crippen LogP contribution in [0.1, 0.15) is 16.8 Å². The summed E-state index contributed by atoms with van der Waals surface area (Å²) in [6, 6.07) is 10.2. The van der Waals surface area contributed by atoms with Gasteiger partial charge in [-0.1, -0.05) is 18.2 Å². The highest BCUT2D eigenvalue weighted by atomic mass is 16.7. The van der Waals surface area contributed by atoms with Gasteiger partial charge in [0.25, 0.3) is 5.91 Å². The van der Waals surface area contributed by atoms with Crippen molar-refractivity contribution in [3.8, 4) is 0 Å². The maximum Gasteiger partial charge on any atom is 0.353 e. The Labute approximate surface area is 120 Å². The first-order chi connectivity index (χ1) is 10.2. The third-order valence-corrected chi connectivity index (χ3v) is 2.94. The lowest BCUT2D eigenvalue weighted by Crippen LogP contribution is -2.28. The van der Waals surface area contributed by atoms with Crippen LogP contribution in [0.3, 0.4) is 0 Å². The van der Waals surface area contributed by atoms with Crippen LogP contribution >= 0.6 is 0 Å². The van der Waals surface area contributed by atoms with Gasteiger partial charge in [-0.25, -0.2) is 9.36 Å². The van der Waals surface area contributed by atoms with Gasteiger partial charge in [0.15, 0.2) is 0 Å². The molecule has 1 aromatic heterocycles. The number of benzene rings is 1. The molecule has 7 heteroatoms. The highest BCUT2D eigenvalue weighted by molar-refractivity contribution is 6.03. The van der Waals surface area contributed by atoms with E-state index in [1.165, 1.54) is 16.8 Å². The first-order valence-electron chi connectivity index (χ1n) is 6.43. The molecule has 7 nitrogen and oxygen atoms in total. The molecule has 0 atom stereocenters. The molecule has 0 spiro atoms. The number of ether oxygens (including phenoxy) is 2. The molecule has 2 heterocycles. The van der Waals surface area contributed by atoms with E-state index in [0.717, 1.165) is 0 Å². The summed E-state index contributed by atoms with van der Waals surface area (Å²) >= 11 is 0. The van der Waals surface area contributed by atoms with Crippen molar-refractivity contribution < 1.29 is 14.3 Å². The highest BCUT2D eigenvalue weighted by Gasteiger charge is 2.19. The second kappa shape index (κ2) is 5.86. The van der Waals surface area contributed by atoms with Gasteiger partial charge in [0.1, 0.15) is 5.82 Å². The Bertz CT molecular complexity index is 693. The fraction of sp³-hybridized carbons (Fsp3) is 0.214. The molecule has 3 rings (SSSR count). The van der Waals surface area contributed by atoms with E-state index in [0.29, 0.717) is 18.8 Å². The predicted molar refractivity (Wildman–Crippen MR) is 73.8 cm³/mol. The summed E-state index contributed by atoms with van der Waals surface area (Å²) in [6.45, 7) is 0.868. The van der Waals surface area contributed by atoms with E-state index in [4.69, 9.17) is 9.47 Å². The molecule has 1 aliphatic rings. The fourth-order valence-corrected chi connectivity index (χ4v) is 1.93. The van der Waals surface area contributed by atoms with Gasteiger partial charge in [0.2, 0.25) is 6.41 Å². The molecule has 1 aromatic carbocycles. The zero-order valence-electron chi connectivity index (χ0n) is 11.1. The van der Waals surface area contributed by atoms with Gasteiger partial charge < -0.3 is 14.8 Å². The standard InChI is InChI=1S/C14H13N3O4/c18-12(10-4-2-1-3-5-10)15-11-6-7-17(13(19)16-11)14-20-8-9-21-14/h1-7,14H,8-9H2,(H,15,16,18,19). The Balaban J connectivity index is 1.76. The molecule has 1 fully saturated rings. The van der Waals surface area contributed by atoms with Gasteiger partial charge in [-0.2, -0.15) is 4.98 Å². The van der Waals surface area contributed by atoms with E-state index >= 15 is 0 Å². The van der Waals surface area contributed by atoms with Crippen molar-refractivity contribution >= 4 is 11.7 Å². The second-order valence-electron chi connectivity index (χ2n) is 4.37. The summed E-state index contributed by atoms with van der Waals surface area (Å²) in [7, 11) is 0. The summed E-state index contributed by atoms with van der Waals surface area (Å²) in [5, 5.41) is 2.57. The molecule has 1 N–H and O–H groups in total. The van der Waals surface area contributed by atoms with Crippen LogP contribution < -0.4 is 11.0 Å². The lowest BCUT2D eigenvalue weighted by atomic mass is 10.2. The largest absolute Gasteiger partial charge is 0.353 e. The Morgan fingerprint density at radius 3 is 2.57 bits per heavy atom. The number of carbonyl (C=O) groups excluding carboxylic acids is 1. The molecule has 0 aliphatic carbocycles. The lowest BCUT2D eigenvalue weighted by Gasteiger charge is -2.12. The molecule has 1 aliphatic heterocycles. The molecule has 2 aromatic rings. The van der Waals surface area contributed by atoms with Crippen LogP contribution in [0.15, 0.2) is 47.4 Å². The number of nitrogens with zero attached hydrogens (tertiary/aromatic N) is 2. The fourth-order valence-electron chi connectivity index (χ4n) is 1.93. The zero-order chi connectivity index (χ0) is 14.7. The third-order valence-electron chi connectivity index (χ3n) is 2.94. The molecule has 0 saturated carbocycles. The number of hydrogen-bond acceptors (Lipinski definition) is 5. The Kier molecular flexibility index (Phi) is 3.76. The minimum atomic E-state index is -0.746. The predicted octanol–water partition coefficient (Wildman–Crippen LogP) is 0.998. The molecule has 0 bridgehead atoms. The quantitative estimate of drug-likeness (QED) is 0.910. The minimum Gasteiger partial charge on any atom is -0.332 e. The molecule has 0 radical (unpaired) electrons. The number of rotatable bonds is 3. The van der Waals surface area contributed by atoms with Crippen LogP contribution in [0.25, 0.3) is 0 Å². The van der Waals surface area contributed by atoms with Gasteiger partial charge in [-0.3, -0.25) is 4.79 Å². The van der Waals surface area contributed by atoms with Gasteiger partial charge in [0, 0.05) is 11.8 Å². The second-order valence-corrected chi connectivity index (χ2v) is 4.37. The summed E-state index contributed by atoms with van der Waals surface area (Å²) in [4.78, 5) is 27.6. The number of amides is 1. The zero-order valence-corrected chi connectivity index (χ0v) is 11.1. The minimum absolute atomic E-state index is 0.183. The van der Waals surface area contributed by atoms with Crippen LogP contribution in [0, 0.1) is 0 Å². The molecular formula is C14H13N3O4. The average Bonchev–Trinajstić information content (AvgIpc) is 3.02. The maximum absolute atomic E-state index is 12.0. The molecule has 108 valence electrons. The molecule has 0 unspecified atom stereocenters. The van der Waals surface area contributed by atoms with E-state index < -0.39 is 12.1 Å². The van der Waals surface area contributed by atoms with Crippen molar-refractivity contribution in [2.24, 2.45) is 0 Å².